The van der Waals surface area contributed by atoms with Gasteiger partial charge >= 0.3 is 0 Å². The van der Waals surface area contributed by atoms with Crippen LogP contribution in [0.3, 0.4) is 0 Å². The fourth-order valence-corrected chi connectivity index (χ4v) is 4.71. The van der Waals surface area contributed by atoms with Crippen molar-refractivity contribution >= 4 is 0 Å². The minimum atomic E-state index is -0.115. The number of rotatable bonds is 25. The van der Waals surface area contributed by atoms with Gasteiger partial charge in [0.05, 0.1) is 33.3 Å². The van der Waals surface area contributed by atoms with Gasteiger partial charge in [-0.15, -0.1) is 0 Å². The fraction of sp³-hybridized carbons (Fsp3) is 1.00. The van der Waals surface area contributed by atoms with E-state index in [-0.39, 0.29) is 6.10 Å². The van der Waals surface area contributed by atoms with E-state index < -0.39 is 0 Å². The molecule has 2 heteroatoms. The lowest BCUT2D eigenvalue weighted by Crippen LogP contribution is -2.41. The molecular formula is C29H62NO+. The lowest BCUT2D eigenvalue weighted by atomic mass is 10.0. The first-order chi connectivity index (χ1) is 15.0. The van der Waals surface area contributed by atoms with Crippen LogP contribution in [0, 0.1) is 0 Å². The standard InChI is InChI=1S/C29H62NO/c1-5-6-7-8-9-10-11-12-13-14-15-16-17-18-21-24-27-30(3,4)28-25-22-19-20-23-26-29(2)31/h29,31H,5-28H2,1-4H3/q+1/t29-/m0/s1. The van der Waals surface area contributed by atoms with Crippen LogP contribution in [0.15, 0.2) is 0 Å². The Kier molecular flexibility index (Phi) is 23.0. The molecule has 188 valence electrons. The number of hydrogen-bond donors (Lipinski definition) is 1. The fourth-order valence-electron chi connectivity index (χ4n) is 4.71. The molecule has 0 aromatic rings. The van der Waals surface area contributed by atoms with Crippen molar-refractivity contribution < 1.29 is 9.59 Å². The van der Waals surface area contributed by atoms with E-state index in [4.69, 9.17) is 0 Å². The lowest BCUT2D eigenvalue weighted by molar-refractivity contribution is -0.890. The molecule has 0 radical (unpaired) electrons. The lowest BCUT2D eigenvalue weighted by Gasteiger charge is -2.30. The Hall–Kier alpha value is -0.0800. The summed E-state index contributed by atoms with van der Waals surface area (Å²) in [6.07, 6.45) is 30.6. The molecule has 2 nitrogen and oxygen atoms in total. The summed E-state index contributed by atoms with van der Waals surface area (Å²) in [5, 5.41) is 9.30. The first kappa shape index (κ1) is 30.9. The zero-order valence-electron chi connectivity index (χ0n) is 22.4. The maximum Gasteiger partial charge on any atom is 0.0782 e. The van der Waals surface area contributed by atoms with Crippen molar-refractivity contribution in [1.29, 1.82) is 0 Å². The van der Waals surface area contributed by atoms with Gasteiger partial charge in [-0.3, -0.25) is 0 Å². The van der Waals surface area contributed by atoms with Crippen molar-refractivity contribution in [2.45, 2.75) is 161 Å². The maximum atomic E-state index is 9.30. The highest BCUT2D eigenvalue weighted by atomic mass is 16.3. The molecule has 0 heterocycles. The summed E-state index contributed by atoms with van der Waals surface area (Å²) in [5.74, 6) is 0. The van der Waals surface area contributed by atoms with E-state index in [1.165, 1.54) is 152 Å². The highest BCUT2D eigenvalue weighted by Gasteiger charge is 2.13. The summed E-state index contributed by atoms with van der Waals surface area (Å²) in [6.45, 7) is 6.88. The second-order valence-corrected chi connectivity index (χ2v) is 11.1. The Morgan fingerprint density at radius 1 is 0.484 bits per heavy atom. The van der Waals surface area contributed by atoms with Gasteiger partial charge in [-0.1, -0.05) is 116 Å². The van der Waals surface area contributed by atoms with Gasteiger partial charge in [0.25, 0.3) is 0 Å². The third-order valence-electron chi connectivity index (χ3n) is 7.00. The van der Waals surface area contributed by atoms with E-state index in [2.05, 4.69) is 21.0 Å². The Labute approximate surface area is 198 Å². The number of unbranched alkanes of at least 4 members (excludes halogenated alkanes) is 19. The van der Waals surface area contributed by atoms with Crippen molar-refractivity contribution in [3.05, 3.63) is 0 Å². The van der Waals surface area contributed by atoms with Crippen LogP contribution in [-0.2, 0) is 0 Å². The highest BCUT2D eigenvalue weighted by molar-refractivity contribution is 4.51. The van der Waals surface area contributed by atoms with Crippen molar-refractivity contribution in [3.8, 4) is 0 Å². The van der Waals surface area contributed by atoms with Gasteiger partial charge in [-0.2, -0.15) is 0 Å². The van der Waals surface area contributed by atoms with Crippen LogP contribution in [0.2, 0.25) is 0 Å². The molecular weight excluding hydrogens is 378 g/mol. The third-order valence-corrected chi connectivity index (χ3v) is 7.00. The van der Waals surface area contributed by atoms with Gasteiger partial charge in [0.1, 0.15) is 0 Å². The van der Waals surface area contributed by atoms with E-state index in [9.17, 15) is 5.11 Å². The van der Waals surface area contributed by atoms with Crippen LogP contribution in [0.1, 0.15) is 155 Å². The Morgan fingerprint density at radius 2 is 0.774 bits per heavy atom. The maximum absolute atomic E-state index is 9.30. The summed E-state index contributed by atoms with van der Waals surface area (Å²) >= 11 is 0. The van der Waals surface area contributed by atoms with E-state index >= 15 is 0 Å². The van der Waals surface area contributed by atoms with Crippen LogP contribution in [0.5, 0.6) is 0 Å². The minimum absolute atomic E-state index is 0.115. The van der Waals surface area contributed by atoms with Gasteiger partial charge in [0, 0.05) is 0 Å². The van der Waals surface area contributed by atoms with Gasteiger partial charge in [-0.05, 0) is 39.0 Å². The van der Waals surface area contributed by atoms with Crippen LogP contribution in [0.25, 0.3) is 0 Å². The molecule has 0 aromatic heterocycles. The van der Waals surface area contributed by atoms with Gasteiger partial charge < -0.3 is 9.59 Å². The molecule has 0 spiro atoms. The van der Waals surface area contributed by atoms with E-state index in [1.54, 1.807) is 0 Å². The molecule has 0 fully saturated rings. The Bertz CT molecular complexity index is 340. The van der Waals surface area contributed by atoms with Gasteiger partial charge in [0.2, 0.25) is 0 Å². The van der Waals surface area contributed by atoms with Crippen LogP contribution >= 0.6 is 0 Å². The highest BCUT2D eigenvalue weighted by Crippen LogP contribution is 2.15. The first-order valence-electron chi connectivity index (χ1n) is 14.5. The van der Waals surface area contributed by atoms with Crippen LogP contribution in [-0.4, -0.2) is 42.9 Å². The molecule has 0 unspecified atom stereocenters. The molecule has 0 saturated heterocycles. The second-order valence-electron chi connectivity index (χ2n) is 11.1. The Morgan fingerprint density at radius 3 is 1.10 bits per heavy atom. The molecule has 0 aromatic carbocycles. The van der Waals surface area contributed by atoms with Crippen molar-refractivity contribution in [1.82, 2.24) is 0 Å². The van der Waals surface area contributed by atoms with E-state index in [0.717, 1.165) is 6.42 Å². The largest absolute Gasteiger partial charge is 0.393 e. The first-order valence-corrected chi connectivity index (χ1v) is 14.5. The summed E-state index contributed by atoms with van der Waals surface area (Å²) in [4.78, 5) is 0. The molecule has 1 atom stereocenters. The molecule has 0 aliphatic rings. The minimum Gasteiger partial charge on any atom is -0.393 e. The molecule has 0 aliphatic heterocycles. The molecule has 1 N–H and O–H groups in total. The number of aliphatic hydroxyl groups is 1. The monoisotopic (exact) mass is 440 g/mol. The predicted octanol–water partition coefficient (Wildman–Crippen LogP) is 9.05. The molecule has 31 heavy (non-hydrogen) atoms. The average Bonchev–Trinajstić information content (AvgIpc) is 2.72. The van der Waals surface area contributed by atoms with Crippen molar-refractivity contribution in [2.24, 2.45) is 0 Å². The molecule has 0 rings (SSSR count). The Balaban J connectivity index is 3.27. The topological polar surface area (TPSA) is 20.2 Å². The normalized spacial score (nSPS) is 13.1. The summed E-state index contributed by atoms with van der Waals surface area (Å²) in [7, 11) is 4.83. The molecule has 0 amide bonds. The van der Waals surface area contributed by atoms with Gasteiger partial charge in [0.15, 0.2) is 0 Å². The van der Waals surface area contributed by atoms with E-state index in [1.807, 2.05) is 6.92 Å². The molecule has 0 saturated carbocycles. The quantitative estimate of drug-likeness (QED) is 0.111. The molecule has 0 aliphatic carbocycles. The smallest absolute Gasteiger partial charge is 0.0782 e. The number of aliphatic hydroxyl groups excluding tert-OH is 1. The SMILES string of the molecule is CCCCCCCCCCCCCCCCCC[N+](C)(C)CCCCCCC[C@H](C)O. The summed E-state index contributed by atoms with van der Waals surface area (Å²) < 4.78 is 1.20. The van der Waals surface area contributed by atoms with Crippen molar-refractivity contribution in [3.63, 3.8) is 0 Å². The van der Waals surface area contributed by atoms with Crippen LogP contribution in [0.4, 0.5) is 0 Å². The zero-order valence-corrected chi connectivity index (χ0v) is 22.4. The molecule has 0 bridgehead atoms. The predicted molar refractivity (Wildman–Crippen MR) is 141 cm³/mol. The number of nitrogens with zero attached hydrogens (tertiary/aromatic N) is 1. The third kappa shape index (κ3) is 26.1. The summed E-state index contributed by atoms with van der Waals surface area (Å²) in [6, 6.07) is 0. The number of quaternary nitrogens is 1. The van der Waals surface area contributed by atoms with Crippen molar-refractivity contribution in [2.75, 3.05) is 27.2 Å². The zero-order chi connectivity index (χ0) is 23.0. The second kappa shape index (κ2) is 23.1. The van der Waals surface area contributed by atoms with Gasteiger partial charge in [-0.25, -0.2) is 0 Å². The number of hydrogen-bond acceptors (Lipinski definition) is 1. The van der Waals surface area contributed by atoms with Crippen LogP contribution < -0.4 is 0 Å². The summed E-state index contributed by atoms with van der Waals surface area (Å²) in [5.41, 5.74) is 0. The average molecular weight is 441 g/mol. The van der Waals surface area contributed by atoms with E-state index in [0.29, 0.717) is 0 Å².